The van der Waals surface area contributed by atoms with Crippen molar-refractivity contribution in [3.63, 3.8) is 0 Å². The Hall–Kier alpha value is -1.24. The summed E-state index contributed by atoms with van der Waals surface area (Å²) in [7, 11) is 0. The highest BCUT2D eigenvalue weighted by Gasteiger charge is 2.42. The van der Waals surface area contributed by atoms with Crippen molar-refractivity contribution in [3.05, 3.63) is 28.1 Å². The van der Waals surface area contributed by atoms with Crippen LogP contribution < -0.4 is 10.9 Å². The van der Waals surface area contributed by atoms with Crippen LogP contribution in [0, 0.1) is 11.3 Å². The van der Waals surface area contributed by atoms with Gasteiger partial charge in [-0.1, -0.05) is 20.8 Å². The third kappa shape index (κ3) is 3.55. The smallest absolute Gasteiger partial charge is 0.271 e. The molecule has 0 saturated heterocycles. The molecule has 2 aromatic heterocycles. The summed E-state index contributed by atoms with van der Waals surface area (Å²) in [6, 6.07) is 1.87. The number of nitrogens with one attached hydrogen (secondary N) is 1. The van der Waals surface area contributed by atoms with Crippen LogP contribution in [0.15, 0.2) is 22.6 Å². The van der Waals surface area contributed by atoms with E-state index in [0.717, 1.165) is 18.4 Å². The molecule has 6 heteroatoms. The molecule has 132 valence electrons. The number of hydrogen-bond donors (Lipinski definition) is 2. The van der Waals surface area contributed by atoms with Crippen LogP contribution in [-0.4, -0.2) is 33.3 Å². The van der Waals surface area contributed by atoms with Crippen LogP contribution in [0.25, 0.3) is 10.2 Å². The Morgan fingerprint density at radius 2 is 2.25 bits per heavy atom. The molecule has 2 heterocycles. The van der Waals surface area contributed by atoms with Crippen LogP contribution in [0.1, 0.15) is 40.0 Å². The zero-order chi connectivity index (χ0) is 17.4. The normalized spacial score (nSPS) is 26.8. The lowest BCUT2D eigenvalue weighted by Crippen LogP contribution is -2.56. The largest absolute Gasteiger partial charge is 0.394 e. The summed E-state index contributed by atoms with van der Waals surface area (Å²) in [6.45, 7) is 8.16. The predicted molar refractivity (Wildman–Crippen MR) is 98.5 cm³/mol. The first-order chi connectivity index (χ1) is 11.3. The van der Waals surface area contributed by atoms with Gasteiger partial charge in [-0.15, -0.1) is 11.3 Å². The topological polar surface area (TPSA) is 67.2 Å². The molecule has 5 nitrogen and oxygen atoms in total. The molecule has 0 bridgehead atoms. The fraction of sp³-hybridized carbons (Fsp3) is 0.667. The van der Waals surface area contributed by atoms with Gasteiger partial charge < -0.3 is 10.4 Å². The summed E-state index contributed by atoms with van der Waals surface area (Å²) < 4.78 is 2.37. The van der Waals surface area contributed by atoms with Crippen molar-refractivity contribution in [1.29, 1.82) is 0 Å². The first-order valence-corrected chi connectivity index (χ1v) is 9.51. The van der Waals surface area contributed by atoms with Gasteiger partial charge in [-0.2, -0.15) is 0 Å². The van der Waals surface area contributed by atoms with Crippen LogP contribution in [-0.2, 0) is 6.54 Å². The highest BCUT2D eigenvalue weighted by Crippen LogP contribution is 2.43. The summed E-state index contributed by atoms with van der Waals surface area (Å²) in [5, 5.41) is 15.5. The molecule has 2 N–H and O–H groups in total. The Balaban J connectivity index is 1.69. The van der Waals surface area contributed by atoms with Gasteiger partial charge >= 0.3 is 0 Å². The Morgan fingerprint density at radius 1 is 1.46 bits per heavy atom. The minimum atomic E-state index is -0.245. The lowest BCUT2D eigenvalue weighted by Gasteiger charge is -2.47. The minimum absolute atomic E-state index is 0.0205. The van der Waals surface area contributed by atoms with E-state index in [9.17, 15) is 9.90 Å². The SMILES string of the molecule is CC1CC(C)(C)CC(CO)(NCCn2cnc3ccsc3c2=O)C1. The number of aliphatic hydroxyl groups is 1. The van der Waals surface area contributed by atoms with E-state index >= 15 is 0 Å². The third-order valence-corrected chi connectivity index (χ3v) is 5.94. The Bertz CT molecular complexity index is 767. The summed E-state index contributed by atoms with van der Waals surface area (Å²) in [6.07, 6.45) is 4.74. The van der Waals surface area contributed by atoms with E-state index in [1.165, 1.54) is 17.8 Å². The third-order valence-electron chi connectivity index (χ3n) is 5.05. The average molecular weight is 350 g/mol. The fourth-order valence-electron chi connectivity index (χ4n) is 4.53. The van der Waals surface area contributed by atoms with E-state index in [0.29, 0.717) is 23.7 Å². The molecule has 2 aromatic rings. The van der Waals surface area contributed by atoms with Crippen molar-refractivity contribution in [1.82, 2.24) is 14.9 Å². The highest BCUT2D eigenvalue weighted by molar-refractivity contribution is 7.17. The van der Waals surface area contributed by atoms with Crippen molar-refractivity contribution in [3.8, 4) is 0 Å². The van der Waals surface area contributed by atoms with Crippen molar-refractivity contribution in [2.45, 2.75) is 52.1 Å². The van der Waals surface area contributed by atoms with Gasteiger partial charge in [0.1, 0.15) is 4.70 Å². The molecule has 1 aliphatic carbocycles. The lowest BCUT2D eigenvalue weighted by molar-refractivity contribution is 0.0360. The molecular weight excluding hydrogens is 322 g/mol. The van der Waals surface area contributed by atoms with Crippen molar-refractivity contribution >= 4 is 21.6 Å². The highest BCUT2D eigenvalue weighted by atomic mass is 32.1. The monoisotopic (exact) mass is 349 g/mol. The Kier molecular flexibility index (Phi) is 4.82. The molecule has 0 amide bonds. The van der Waals surface area contributed by atoms with Crippen LogP contribution in [0.4, 0.5) is 0 Å². The van der Waals surface area contributed by atoms with E-state index in [2.05, 4.69) is 31.1 Å². The van der Waals surface area contributed by atoms with E-state index in [-0.39, 0.29) is 23.1 Å². The number of nitrogens with zero attached hydrogens (tertiary/aromatic N) is 2. The molecule has 1 aliphatic rings. The quantitative estimate of drug-likeness (QED) is 0.871. The van der Waals surface area contributed by atoms with Crippen LogP contribution in [0.5, 0.6) is 0 Å². The maximum atomic E-state index is 12.4. The van der Waals surface area contributed by atoms with Crippen molar-refractivity contribution in [2.75, 3.05) is 13.2 Å². The van der Waals surface area contributed by atoms with Gasteiger partial charge in [-0.05, 0) is 42.0 Å². The van der Waals surface area contributed by atoms with Crippen LogP contribution in [0.3, 0.4) is 0 Å². The summed E-state index contributed by atoms with van der Waals surface area (Å²) in [4.78, 5) is 16.8. The standard InChI is InChI=1S/C18H27N3O2S/c1-13-8-17(2,3)10-18(9-13,11-22)20-5-6-21-12-19-14-4-7-24-15(14)16(21)23/h4,7,12-13,20,22H,5-6,8-11H2,1-3H3. The van der Waals surface area contributed by atoms with Crippen molar-refractivity contribution in [2.24, 2.45) is 11.3 Å². The van der Waals surface area contributed by atoms with E-state index in [1.54, 1.807) is 10.9 Å². The molecule has 2 unspecified atom stereocenters. The molecule has 0 aromatic carbocycles. The lowest BCUT2D eigenvalue weighted by atomic mass is 9.64. The van der Waals surface area contributed by atoms with Gasteiger partial charge in [-0.3, -0.25) is 9.36 Å². The Morgan fingerprint density at radius 3 is 2.96 bits per heavy atom. The molecule has 0 aliphatic heterocycles. The number of aliphatic hydroxyl groups excluding tert-OH is 1. The van der Waals surface area contributed by atoms with Crippen molar-refractivity contribution < 1.29 is 5.11 Å². The number of aromatic nitrogens is 2. The average Bonchev–Trinajstić information content (AvgIpc) is 2.97. The van der Waals surface area contributed by atoms with E-state index < -0.39 is 0 Å². The maximum Gasteiger partial charge on any atom is 0.271 e. The number of hydrogen-bond acceptors (Lipinski definition) is 5. The predicted octanol–water partition coefficient (Wildman–Crippen LogP) is 2.62. The van der Waals surface area contributed by atoms with Gasteiger partial charge in [-0.25, -0.2) is 4.98 Å². The molecular formula is C18H27N3O2S. The molecule has 1 saturated carbocycles. The zero-order valence-electron chi connectivity index (χ0n) is 14.7. The molecule has 3 rings (SSSR count). The molecule has 0 radical (unpaired) electrons. The first kappa shape index (κ1) is 17.6. The Labute approximate surface area is 146 Å². The van der Waals surface area contributed by atoms with Gasteiger partial charge in [0.15, 0.2) is 0 Å². The van der Waals surface area contributed by atoms with Gasteiger partial charge in [0.05, 0.1) is 18.5 Å². The van der Waals surface area contributed by atoms with Crippen LogP contribution >= 0.6 is 11.3 Å². The van der Waals surface area contributed by atoms with Crippen LogP contribution in [0.2, 0.25) is 0 Å². The maximum absolute atomic E-state index is 12.4. The second-order valence-electron chi connectivity index (χ2n) is 8.10. The summed E-state index contributed by atoms with van der Waals surface area (Å²) >= 11 is 1.44. The summed E-state index contributed by atoms with van der Waals surface area (Å²) in [5.41, 5.74) is 0.767. The number of fused-ring (bicyclic) bond motifs is 1. The van der Waals surface area contributed by atoms with Gasteiger partial charge in [0.25, 0.3) is 5.56 Å². The second kappa shape index (κ2) is 6.58. The second-order valence-corrected chi connectivity index (χ2v) is 9.01. The zero-order valence-corrected chi connectivity index (χ0v) is 15.5. The minimum Gasteiger partial charge on any atom is -0.394 e. The fourth-order valence-corrected chi connectivity index (χ4v) is 5.33. The van der Waals surface area contributed by atoms with E-state index in [1.807, 2.05) is 11.4 Å². The summed E-state index contributed by atoms with van der Waals surface area (Å²) in [5.74, 6) is 0.584. The number of thiophene rings is 1. The van der Waals surface area contributed by atoms with Gasteiger partial charge in [0.2, 0.25) is 0 Å². The molecule has 2 atom stereocenters. The molecule has 0 spiro atoms. The van der Waals surface area contributed by atoms with Gasteiger partial charge in [0, 0.05) is 18.6 Å². The molecule has 1 fully saturated rings. The molecule has 24 heavy (non-hydrogen) atoms. The first-order valence-electron chi connectivity index (χ1n) is 8.63. The van der Waals surface area contributed by atoms with E-state index in [4.69, 9.17) is 0 Å². The number of rotatable bonds is 5.